The second-order valence-electron chi connectivity index (χ2n) is 6.34. The van der Waals surface area contributed by atoms with E-state index in [1.807, 2.05) is 0 Å². The summed E-state index contributed by atoms with van der Waals surface area (Å²) in [4.78, 5) is 24.5. The molecule has 0 radical (unpaired) electrons. The lowest BCUT2D eigenvalue weighted by atomic mass is 10.1. The maximum absolute atomic E-state index is 12.7. The molecule has 0 spiro atoms. The lowest BCUT2D eigenvalue weighted by Crippen LogP contribution is -2.50. The molecule has 1 aliphatic rings. The molecule has 1 aliphatic heterocycles. The molecule has 2 aromatic carbocycles. The number of hydrogen-bond acceptors (Lipinski definition) is 5. The molecule has 2 aromatic rings. The standard InChI is InChI=1S/C18H18BrN3O5S/c19-15-2-1-3-17(13-15)28(26,27)21-10-8-20(9-11-21)18(23)12-14-4-6-16(7-5-14)22(24)25/h1-7,13H,8-12H2. The molecule has 1 fully saturated rings. The Morgan fingerprint density at radius 2 is 1.71 bits per heavy atom. The predicted octanol–water partition coefficient (Wildman–Crippen LogP) is 2.43. The Morgan fingerprint density at radius 1 is 1.07 bits per heavy atom. The fourth-order valence-corrected chi connectivity index (χ4v) is 5.00. The zero-order valence-electron chi connectivity index (χ0n) is 14.8. The third-order valence-electron chi connectivity index (χ3n) is 4.53. The van der Waals surface area contributed by atoms with Gasteiger partial charge in [-0.05, 0) is 23.8 Å². The number of nitrogens with zero attached hydrogens (tertiary/aromatic N) is 3. The van der Waals surface area contributed by atoms with E-state index in [4.69, 9.17) is 0 Å². The molecule has 0 saturated carbocycles. The number of amides is 1. The fourth-order valence-electron chi connectivity index (χ4n) is 2.98. The van der Waals surface area contributed by atoms with E-state index >= 15 is 0 Å². The van der Waals surface area contributed by atoms with E-state index < -0.39 is 14.9 Å². The molecule has 0 N–H and O–H groups in total. The Kier molecular flexibility index (Phi) is 6.11. The highest BCUT2D eigenvalue weighted by atomic mass is 79.9. The Hall–Kier alpha value is -2.30. The van der Waals surface area contributed by atoms with Crippen LogP contribution in [0.3, 0.4) is 0 Å². The highest BCUT2D eigenvalue weighted by molar-refractivity contribution is 9.10. The van der Waals surface area contributed by atoms with E-state index in [-0.39, 0.29) is 36.0 Å². The third-order valence-corrected chi connectivity index (χ3v) is 6.92. The van der Waals surface area contributed by atoms with Gasteiger partial charge in [0, 0.05) is 42.8 Å². The number of hydrogen-bond donors (Lipinski definition) is 0. The van der Waals surface area contributed by atoms with E-state index in [0.29, 0.717) is 23.1 Å². The van der Waals surface area contributed by atoms with Gasteiger partial charge in [-0.3, -0.25) is 14.9 Å². The van der Waals surface area contributed by atoms with Gasteiger partial charge < -0.3 is 4.90 Å². The molecule has 1 amide bonds. The Balaban J connectivity index is 1.60. The Morgan fingerprint density at radius 3 is 2.29 bits per heavy atom. The largest absolute Gasteiger partial charge is 0.340 e. The van der Waals surface area contributed by atoms with Crippen molar-refractivity contribution in [2.75, 3.05) is 26.2 Å². The third kappa shape index (κ3) is 4.57. The zero-order valence-corrected chi connectivity index (χ0v) is 17.2. The second kappa shape index (κ2) is 8.38. The van der Waals surface area contributed by atoms with E-state index in [9.17, 15) is 23.3 Å². The van der Waals surface area contributed by atoms with Crippen LogP contribution in [0.1, 0.15) is 5.56 Å². The molecule has 10 heteroatoms. The first-order valence-electron chi connectivity index (χ1n) is 8.54. The van der Waals surface area contributed by atoms with E-state index in [1.54, 1.807) is 41.3 Å². The first kappa shape index (κ1) is 20.4. The minimum Gasteiger partial charge on any atom is -0.340 e. The van der Waals surface area contributed by atoms with Crippen LogP contribution in [0.2, 0.25) is 0 Å². The summed E-state index contributed by atoms with van der Waals surface area (Å²) in [6.45, 7) is 1.06. The molecular formula is C18H18BrN3O5S. The van der Waals surface area contributed by atoms with Crippen molar-refractivity contribution in [3.63, 3.8) is 0 Å². The van der Waals surface area contributed by atoms with Crippen molar-refractivity contribution in [1.29, 1.82) is 0 Å². The molecule has 1 heterocycles. The van der Waals surface area contributed by atoms with Crippen molar-refractivity contribution >= 4 is 37.5 Å². The first-order chi connectivity index (χ1) is 13.3. The highest BCUT2D eigenvalue weighted by Crippen LogP contribution is 2.21. The van der Waals surface area contributed by atoms with Crippen molar-refractivity contribution in [2.24, 2.45) is 0 Å². The molecular weight excluding hydrogens is 450 g/mol. The summed E-state index contributed by atoms with van der Waals surface area (Å²) >= 11 is 3.28. The summed E-state index contributed by atoms with van der Waals surface area (Å²) in [5, 5.41) is 10.7. The van der Waals surface area contributed by atoms with E-state index in [0.717, 1.165) is 0 Å². The van der Waals surface area contributed by atoms with Gasteiger partial charge >= 0.3 is 0 Å². The number of non-ortho nitro benzene ring substituents is 1. The number of benzene rings is 2. The van der Waals surface area contributed by atoms with Crippen LogP contribution in [0.15, 0.2) is 57.9 Å². The maximum atomic E-state index is 12.7. The minimum absolute atomic E-state index is 0.0254. The molecule has 28 heavy (non-hydrogen) atoms. The second-order valence-corrected chi connectivity index (χ2v) is 9.20. The van der Waals surface area contributed by atoms with Crippen molar-refractivity contribution in [3.8, 4) is 0 Å². The summed E-state index contributed by atoms with van der Waals surface area (Å²) in [5.74, 6) is -0.131. The molecule has 0 unspecified atom stereocenters. The lowest BCUT2D eigenvalue weighted by molar-refractivity contribution is -0.384. The van der Waals surface area contributed by atoms with Crippen LogP contribution in [-0.4, -0.2) is 54.6 Å². The monoisotopic (exact) mass is 467 g/mol. The van der Waals surface area contributed by atoms with Crippen LogP contribution in [0.25, 0.3) is 0 Å². The van der Waals surface area contributed by atoms with Gasteiger partial charge in [-0.1, -0.05) is 34.1 Å². The minimum atomic E-state index is -3.60. The van der Waals surface area contributed by atoms with Gasteiger partial charge in [0.1, 0.15) is 0 Å². The van der Waals surface area contributed by atoms with Crippen molar-refractivity contribution in [2.45, 2.75) is 11.3 Å². The fraction of sp³-hybridized carbons (Fsp3) is 0.278. The number of carbonyl (C=O) groups is 1. The molecule has 8 nitrogen and oxygen atoms in total. The van der Waals surface area contributed by atoms with Gasteiger partial charge in [0.2, 0.25) is 15.9 Å². The molecule has 0 aromatic heterocycles. The number of halogens is 1. The van der Waals surface area contributed by atoms with Crippen molar-refractivity contribution < 1.29 is 18.1 Å². The molecule has 0 aliphatic carbocycles. The van der Waals surface area contributed by atoms with Gasteiger partial charge in [-0.25, -0.2) is 8.42 Å². The van der Waals surface area contributed by atoms with Gasteiger partial charge in [0.25, 0.3) is 5.69 Å². The van der Waals surface area contributed by atoms with Gasteiger partial charge in [-0.15, -0.1) is 0 Å². The molecule has 3 rings (SSSR count). The van der Waals surface area contributed by atoms with Crippen LogP contribution in [0.4, 0.5) is 5.69 Å². The average molecular weight is 468 g/mol. The van der Waals surface area contributed by atoms with Crippen LogP contribution in [0, 0.1) is 10.1 Å². The van der Waals surface area contributed by atoms with Crippen molar-refractivity contribution in [1.82, 2.24) is 9.21 Å². The Bertz CT molecular complexity index is 987. The first-order valence-corrected chi connectivity index (χ1v) is 10.8. The number of carbonyl (C=O) groups excluding carboxylic acids is 1. The van der Waals surface area contributed by atoms with Crippen molar-refractivity contribution in [3.05, 3.63) is 68.7 Å². The SMILES string of the molecule is O=C(Cc1ccc([N+](=O)[O-])cc1)N1CCN(S(=O)(=O)c2cccc(Br)c2)CC1. The van der Waals surface area contributed by atoms with E-state index in [2.05, 4.69) is 15.9 Å². The van der Waals surface area contributed by atoms with Crippen LogP contribution < -0.4 is 0 Å². The summed E-state index contributed by atoms with van der Waals surface area (Å²) in [6.07, 6.45) is 0.121. The van der Waals surface area contributed by atoms with Gasteiger partial charge in [-0.2, -0.15) is 4.31 Å². The zero-order chi connectivity index (χ0) is 20.3. The number of sulfonamides is 1. The normalized spacial score (nSPS) is 15.4. The highest BCUT2D eigenvalue weighted by Gasteiger charge is 2.30. The quantitative estimate of drug-likeness (QED) is 0.496. The topological polar surface area (TPSA) is 101 Å². The summed E-state index contributed by atoms with van der Waals surface area (Å²) in [6, 6.07) is 12.4. The predicted molar refractivity (Wildman–Crippen MR) is 106 cm³/mol. The summed E-state index contributed by atoms with van der Waals surface area (Å²) in [5.41, 5.74) is 0.655. The summed E-state index contributed by atoms with van der Waals surface area (Å²) < 4.78 is 27.5. The molecule has 148 valence electrons. The van der Waals surface area contributed by atoms with Gasteiger partial charge in [0.15, 0.2) is 0 Å². The van der Waals surface area contributed by atoms with Gasteiger partial charge in [0.05, 0.1) is 16.2 Å². The number of rotatable bonds is 5. The smallest absolute Gasteiger partial charge is 0.269 e. The molecule has 0 atom stereocenters. The van der Waals surface area contributed by atoms with E-state index in [1.165, 1.54) is 16.4 Å². The number of nitro benzene ring substituents is 1. The van der Waals surface area contributed by atoms with Crippen LogP contribution in [0.5, 0.6) is 0 Å². The Labute approximate surface area is 171 Å². The number of piperazine rings is 1. The molecule has 1 saturated heterocycles. The molecule has 0 bridgehead atoms. The van der Waals surface area contributed by atoms with Crippen LogP contribution >= 0.6 is 15.9 Å². The number of nitro groups is 1. The lowest BCUT2D eigenvalue weighted by Gasteiger charge is -2.34. The summed E-state index contributed by atoms with van der Waals surface area (Å²) in [7, 11) is -3.60. The average Bonchev–Trinajstić information content (AvgIpc) is 2.68. The maximum Gasteiger partial charge on any atom is 0.269 e. The van der Waals surface area contributed by atoms with Crippen LogP contribution in [-0.2, 0) is 21.2 Å².